The van der Waals surface area contributed by atoms with Gasteiger partial charge in [0.05, 0.1) is 6.04 Å². The van der Waals surface area contributed by atoms with Gasteiger partial charge in [-0.2, -0.15) is 0 Å². The number of hydrogen-bond acceptors (Lipinski definition) is 2. The molecule has 5 heteroatoms. The minimum Gasteiger partial charge on any atom is -0.452 e. The van der Waals surface area contributed by atoms with E-state index in [2.05, 4.69) is 21.2 Å². The zero-order valence-electron chi connectivity index (χ0n) is 10.6. The molecule has 2 rings (SSSR count). The maximum absolute atomic E-state index is 14.0. The van der Waals surface area contributed by atoms with Gasteiger partial charge in [-0.3, -0.25) is 0 Å². The highest BCUT2D eigenvalue weighted by Gasteiger charge is 2.21. The van der Waals surface area contributed by atoms with E-state index in [-0.39, 0.29) is 11.1 Å². The van der Waals surface area contributed by atoms with E-state index < -0.39 is 17.7 Å². The molecule has 19 heavy (non-hydrogen) atoms. The van der Waals surface area contributed by atoms with Crippen LogP contribution in [0.5, 0.6) is 0 Å². The number of benzene rings is 1. The minimum absolute atomic E-state index is 0.242. The van der Waals surface area contributed by atoms with Gasteiger partial charge < -0.3 is 9.73 Å². The van der Waals surface area contributed by atoms with Crippen LogP contribution in [-0.4, -0.2) is 6.54 Å². The molecule has 0 radical (unpaired) electrons. The quantitative estimate of drug-likeness (QED) is 0.903. The molecule has 2 nitrogen and oxygen atoms in total. The summed E-state index contributed by atoms with van der Waals surface area (Å²) in [4.78, 5) is 0. The molecule has 0 aliphatic heterocycles. The summed E-state index contributed by atoms with van der Waals surface area (Å²) >= 11 is 3.21. The van der Waals surface area contributed by atoms with Crippen molar-refractivity contribution < 1.29 is 13.2 Å². The largest absolute Gasteiger partial charge is 0.452 e. The summed E-state index contributed by atoms with van der Waals surface area (Å²) in [6, 6.07) is 5.37. The first-order valence-electron chi connectivity index (χ1n) is 5.97. The summed E-state index contributed by atoms with van der Waals surface area (Å²) in [6.45, 7) is 4.04. The number of rotatable bonds is 4. The van der Waals surface area contributed by atoms with Gasteiger partial charge in [0, 0.05) is 5.56 Å². The van der Waals surface area contributed by atoms with E-state index in [0.717, 1.165) is 0 Å². The van der Waals surface area contributed by atoms with E-state index in [4.69, 9.17) is 4.42 Å². The molecule has 0 aliphatic rings. The molecule has 1 aromatic carbocycles. The minimum atomic E-state index is -0.508. The van der Waals surface area contributed by atoms with E-state index in [1.165, 1.54) is 19.1 Å². The van der Waals surface area contributed by atoms with Crippen LogP contribution in [-0.2, 0) is 0 Å². The predicted octanol–water partition coefficient (Wildman–Crippen LogP) is 4.33. The molecule has 1 aromatic heterocycles. The van der Waals surface area contributed by atoms with E-state index in [1.54, 1.807) is 12.1 Å². The zero-order valence-corrected chi connectivity index (χ0v) is 12.2. The van der Waals surface area contributed by atoms with Crippen LogP contribution in [0.3, 0.4) is 0 Å². The standard InChI is InChI=1S/C14H14BrF2NO/c1-3-18-14(12-4-5-13(15)19-12)9-7-10(16)8(2)6-11(9)17/h4-7,14,18H,3H2,1-2H3. The molecule has 1 heterocycles. The molecule has 1 unspecified atom stereocenters. The summed E-state index contributed by atoms with van der Waals surface area (Å²) in [7, 11) is 0. The van der Waals surface area contributed by atoms with Crippen molar-refractivity contribution in [3.8, 4) is 0 Å². The highest BCUT2D eigenvalue weighted by molar-refractivity contribution is 9.10. The van der Waals surface area contributed by atoms with Crippen LogP contribution in [0, 0.1) is 18.6 Å². The zero-order chi connectivity index (χ0) is 14.0. The summed E-state index contributed by atoms with van der Waals surface area (Å²) < 4.78 is 33.7. The third-order valence-corrected chi connectivity index (χ3v) is 3.30. The summed E-state index contributed by atoms with van der Waals surface area (Å²) in [5.74, 6) is -0.335. The molecule has 0 spiro atoms. The highest BCUT2D eigenvalue weighted by atomic mass is 79.9. The number of hydrogen-bond donors (Lipinski definition) is 1. The van der Waals surface area contributed by atoms with E-state index >= 15 is 0 Å². The Labute approximate surface area is 118 Å². The van der Waals surface area contributed by atoms with Crippen LogP contribution in [0.15, 0.2) is 33.4 Å². The van der Waals surface area contributed by atoms with Crippen LogP contribution >= 0.6 is 15.9 Å². The van der Waals surface area contributed by atoms with Gasteiger partial charge in [0.2, 0.25) is 0 Å². The highest BCUT2D eigenvalue weighted by Crippen LogP contribution is 2.29. The Morgan fingerprint density at radius 3 is 2.58 bits per heavy atom. The molecule has 0 saturated heterocycles. The van der Waals surface area contributed by atoms with Crippen LogP contribution in [0.25, 0.3) is 0 Å². The number of nitrogens with one attached hydrogen (secondary N) is 1. The molecule has 0 amide bonds. The predicted molar refractivity (Wildman–Crippen MR) is 73.0 cm³/mol. The van der Waals surface area contributed by atoms with Gasteiger partial charge in [-0.25, -0.2) is 8.78 Å². The van der Waals surface area contributed by atoms with Gasteiger partial charge >= 0.3 is 0 Å². The van der Waals surface area contributed by atoms with Crippen molar-refractivity contribution in [3.63, 3.8) is 0 Å². The monoisotopic (exact) mass is 329 g/mol. The Balaban J connectivity index is 2.47. The first kappa shape index (κ1) is 14.2. The Kier molecular flexibility index (Phi) is 4.37. The summed E-state index contributed by atoms with van der Waals surface area (Å²) in [5, 5.41) is 3.09. The average molecular weight is 330 g/mol. The fourth-order valence-electron chi connectivity index (χ4n) is 1.93. The normalized spacial score (nSPS) is 12.7. The van der Waals surface area contributed by atoms with Crippen molar-refractivity contribution in [3.05, 3.63) is 57.5 Å². The molecule has 0 saturated carbocycles. The molecule has 0 bridgehead atoms. The van der Waals surface area contributed by atoms with Crippen molar-refractivity contribution in [2.24, 2.45) is 0 Å². The Bertz CT molecular complexity index is 583. The Morgan fingerprint density at radius 2 is 2.00 bits per heavy atom. The van der Waals surface area contributed by atoms with Gasteiger partial charge in [0.1, 0.15) is 17.4 Å². The van der Waals surface area contributed by atoms with Crippen molar-refractivity contribution in [2.45, 2.75) is 19.9 Å². The maximum Gasteiger partial charge on any atom is 0.169 e. The maximum atomic E-state index is 14.0. The summed E-state index contributed by atoms with van der Waals surface area (Å²) in [5.41, 5.74) is 0.531. The molecule has 0 fully saturated rings. The number of halogens is 3. The first-order valence-corrected chi connectivity index (χ1v) is 6.76. The molecule has 0 aliphatic carbocycles. The summed E-state index contributed by atoms with van der Waals surface area (Å²) in [6.07, 6.45) is 0. The third-order valence-electron chi connectivity index (χ3n) is 2.88. The number of aryl methyl sites for hydroxylation is 1. The van der Waals surface area contributed by atoms with Crippen molar-refractivity contribution in [1.29, 1.82) is 0 Å². The van der Waals surface area contributed by atoms with Crippen LogP contribution in [0.1, 0.15) is 29.9 Å². The molecular weight excluding hydrogens is 316 g/mol. The van der Waals surface area contributed by atoms with E-state index in [0.29, 0.717) is 17.0 Å². The van der Waals surface area contributed by atoms with Crippen molar-refractivity contribution in [2.75, 3.05) is 6.54 Å². The smallest absolute Gasteiger partial charge is 0.169 e. The lowest BCUT2D eigenvalue weighted by Gasteiger charge is -2.17. The SMILES string of the molecule is CCNC(c1ccc(Br)o1)c1cc(F)c(C)cc1F. The second kappa shape index (κ2) is 5.84. The van der Waals surface area contributed by atoms with Crippen molar-refractivity contribution in [1.82, 2.24) is 5.32 Å². The second-order valence-electron chi connectivity index (χ2n) is 4.26. The lowest BCUT2D eigenvalue weighted by atomic mass is 10.0. The fraction of sp³-hybridized carbons (Fsp3) is 0.286. The molecule has 2 aromatic rings. The van der Waals surface area contributed by atoms with Crippen LogP contribution < -0.4 is 5.32 Å². The molecule has 102 valence electrons. The third kappa shape index (κ3) is 3.04. The van der Waals surface area contributed by atoms with Gasteiger partial charge in [-0.05, 0) is 59.2 Å². The van der Waals surface area contributed by atoms with Gasteiger partial charge in [-0.15, -0.1) is 0 Å². The number of furan rings is 1. The molecule has 1 N–H and O–H groups in total. The average Bonchev–Trinajstić information content (AvgIpc) is 2.78. The van der Waals surface area contributed by atoms with Crippen LogP contribution in [0.2, 0.25) is 0 Å². The fourth-order valence-corrected chi connectivity index (χ4v) is 2.25. The van der Waals surface area contributed by atoms with Gasteiger partial charge in [-0.1, -0.05) is 6.92 Å². The first-order chi connectivity index (χ1) is 9.02. The van der Waals surface area contributed by atoms with Gasteiger partial charge in [0.15, 0.2) is 4.67 Å². The molecular formula is C14H14BrF2NO. The lowest BCUT2D eigenvalue weighted by Crippen LogP contribution is -2.22. The second-order valence-corrected chi connectivity index (χ2v) is 5.04. The van der Waals surface area contributed by atoms with E-state index in [9.17, 15) is 8.78 Å². The molecule has 1 atom stereocenters. The van der Waals surface area contributed by atoms with Crippen LogP contribution in [0.4, 0.5) is 8.78 Å². The lowest BCUT2D eigenvalue weighted by molar-refractivity contribution is 0.427. The van der Waals surface area contributed by atoms with Crippen molar-refractivity contribution >= 4 is 15.9 Å². The van der Waals surface area contributed by atoms with E-state index in [1.807, 2.05) is 6.92 Å². The van der Waals surface area contributed by atoms with Gasteiger partial charge in [0.25, 0.3) is 0 Å². The Morgan fingerprint density at radius 1 is 1.26 bits per heavy atom. The topological polar surface area (TPSA) is 25.2 Å². The Hall–Kier alpha value is -1.20.